The highest BCUT2D eigenvalue weighted by molar-refractivity contribution is 5.18. The van der Waals surface area contributed by atoms with Gasteiger partial charge < -0.3 is 14.9 Å². The van der Waals surface area contributed by atoms with E-state index in [4.69, 9.17) is 0 Å². The van der Waals surface area contributed by atoms with E-state index in [9.17, 15) is 5.11 Å². The molecule has 21 heavy (non-hydrogen) atoms. The maximum Gasteiger partial charge on any atom is 0.0842 e. The van der Waals surface area contributed by atoms with Crippen molar-refractivity contribution < 1.29 is 5.11 Å². The summed E-state index contributed by atoms with van der Waals surface area (Å²) >= 11 is 0. The molecule has 3 heteroatoms. The Bertz CT molecular complexity index is 389. The summed E-state index contributed by atoms with van der Waals surface area (Å²) in [5.41, 5.74) is 1.05. The van der Waals surface area contributed by atoms with Crippen molar-refractivity contribution in [2.45, 2.75) is 32.3 Å². The molecule has 0 radical (unpaired) electrons. The fraction of sp³-hybridized carbons (Fsp3) is 0.667. The van der Waals surface area contributed by atoms with Gasteiger partial charge in [0.25, 0.3) is 0 Å². The number of hydrogen-bond acceptors (Lipinski definition) is 3. The van der Waals surface area contributed by atoms with Gasteiger partial charge >= 0.3 is 0 Å². The van der Waals surface area contributed by atoms with Crippen molar-refractivity contribution in [2.24, 2.45) is 5.92 Å². The predicted molar refractivity (Wildman–Crippen MR) is 88.4 cm³/mol. The van der Waals surface area contributed by atoms with Crippen LogP contribution < -0.4 is 0 Å². The van der Waals surface area contributed by atoms with E-state index in [1.54, 1.807) is 0 Å². The lowest BCUT2D eigenvalue weighted by molar-refractivity contribution is 0.0546. The molecule has 1 aromatic carbocycles. The van der Waals surface area contributed by atoms with Crippen molar-refractivity contribution in [1.82, 2.24) is 9.80 Å². The fourth-order valence-electron chi connectivity index (χ4n) is 3.18. The van der Waals surface area contributed by atoms with Gasteiger partial charge in [0.1, 0.15) is 0 Å². The Morgan fingerprint density at radius 3 is 2.43 bits per heavy atom. The summed E-state index contributed by atoms with van der Waals surface area (Å²) < 4.78 is 0. The average molecular weight is 290 g/mol. The van der Waals surface area contributed by atoms with Gasteiger partial charge in [-0.15, -0.1) is 0 Å². The summed E-state index contributed by atoms with van der Waals surface area (Å²) in [6.07, 6.45) is 3.59. The van der Waals surface area contributed by atoms with Crippen molar-refractivity contribution in [3.05, 3.63) is 35.9 Å². The first-order valence-corrected chi connectivity index (χ1v) is 8.34. The highest BCUT2D eigenvalue weighted by Gasteiger charge is 2.25. The number of aliphatic hydroxyl groups is 1. The number of piperidine rings is 1. The SMILES string of the molecule is CCN(C)CC(CN1CCCCC1)C(O)c1ccccc1. The Hall–Kier alpha value is -0.900. The van der Waals surface area contributed by atoms with Crippen LogP contribution in [0.3, 0.4) is 0 Å². The third-order valence-corrected chi connectivity index (χ3v) is 4.62. The Morgan fingerprint density at radius 1 is 1.14 bits per heavy atom. The normalized spacial score (nSPS) is 19.6. The van der Waals surface area contributed by atoms with E-state index in [0.717, 1.165) is 25.2 Å². The average Bonchev–Trinajstić information content (AvgIpc) is 2.55. The Labute approximate surface area is 129 Å². The Balaban J connectivity index is 2.03. The van der Waals surface area contributed by atoms with Crippen LogP contribution in [0.1, 0.15) is 37.9 Å². The summed E-state index contributed by atoms with van der Waals surface area (Å²) in [5, 5.41) is 10.8. The second-order valence-corrected chi connectivity index (χ2v) is 6.33. The van der Waals surface area contributed by atoms with Gasteiger partial charge in [0.15, 0.2) is 0 Å². The van der Waals surface area contributed by atoms with E-state index >= 15 is 0 Å². The monoisotopic (exact) mass is 290 g/mol. The molecule has 118 valence electrons. The quantitative estimate of drug-likeness (QED) is 0.836. The predicted octanol–water partition coefficient (Wildman–Crippen LogP) is 2.77. The molecule has 1 aliphatic heterocycles. The molecule has 1 fully saturated rings. The van der Waals surface area contributed by atoms with E-state index < -0.39 is 0 Å². The molecule has 1 saturated heterocycles. The van der Waals surface area contributed by atoms with E-state index in [2.05, 4.69) is 23.8 Å². The van der Waals surface area contributed by atoms with Crippen molar-refractivity contribution >= 4 is 0 Å². The van der Waals surface area contributed by atoms with Crippen LogP contribution in [0.5, 0.6) is 0 Å². The van der Waals surface area contributed by atoms with Crippen molar-refractivity contribution in [3.8, 4) is 0 Å². The van der Waals surface area contributed by atoms with Gasteiger partial charge in [-0.1, -0.05) is 43.7 Å². The standard InChI is InChI=1S/C18H30N2O/c1-3-19(2)14-17(15-20-12-8-5-9-13-20)18(21)16-10-6-4-7-11-16/h4,6-7,10-11,17-18,21H,3,5,8-9,12-15H2,1-2H3. The number of likely N-dealkylation sites (tertiary alicyclic amines) is 1. The van der Waals surface area contributed by atoms with Crippen LogP contribution in [0.2, 0.25) is 0 Å². The maximum absolute atomic E-state index is 10.8. The molecule has 0 amide bonds. The molecule has 3 nitrogen and oxygen atoms in total. The first kappa shape index (κ1) is 16.5. The van der Waals surface area contributed by atoms with Gasteiger partial charge in [-0.05, 0) is 45.1 Å². The molecule has 2 rings (SSSR count). The lowest BCUT2D eigenvalue weighted by atomic mass is 9.94. The first-order valence-electron chi connectivity index (χ1n) is 8.34. The summed E-state index contributed by atoms with van der Waals surface area (Å²) in [5.74, 6) is 0.274. The molecule has 1 aromatic rings. The lowest BCUT2D eigenvalue weighted by Crippen LogP contribution is -2.40. The minimum absolute atomic E-state index is 0.274. The Kier molecular flexibility index (Phi) is 6.68. The maximum atomic E-state index is 10.8. The number of benzene rings is 1. The van der Waals surface area contributed by atoms with Gasteiger partial charge in [-0.3, -0.25) is 0 Å². The smallest absolute Gasteiger partial charge is 0.0842 e. The third kappa shape index (κ3) is 5.10. The van der Waals surface area contributed by atoms with Crippen LogP contribution >= 0.6 is 0 Å². The zero-order valence-corrected chi connectivity index (χ0v) is 13.5. The second-order valence-electron chi connectivity index (χ2n) is 6.33. The van der Waals surface area contributed by atoms with Crippen LogP contribution in [0, 0.1) is 5.92 Å². The molecular weight excluding hydrogens is 260 g/mol. The number of rotatable bonds is 7. The highest BCUT2D eigenvalue weighted by Crippen LogP contribution is 2.24. The van der Waals surface area contributed by atoms with Crippen LogP contribution in [0.15, 0.2) is 30.3 Å². The molecule has 1 aliphatic rings. The zero-order chi connectivity index (χ0) is 15.1. The minimum atomic E-state index is -0.373. The van der Waals surface area contributed by atoms with Crippen LogP contribution in [-0.4, -0.2) is 54.7 Å². The van der Waals surface area contributed by atoms with Crippen LogP contribution in [0.4, 0.5) is 0 Å². The lowest BCUT2D eigenvalue weighted by Gasteiger charge is -2.34. The van der Waals surface area contributed by atoms with E-state index in [-0.39, 0.29) is 12.0 Å². The van der Waals surface area contributed by atoms with Gasteiger partial charge in [0.2, 0.25) is 0 Å². The molecule has 0 saturated carbocycles. The number of aliphatic hydroxyl groups excluding tert-OH is 1. The molecule has 2 unspecified atom stereocenters. The second kappa shape index (κ2) is 8.52. The number of nitrogens with zero attached hydrogens (tertiary/aromatic N) is 2. The van der Waals surface area contributed by atoms with Crippen LogP contribution in [-0.2, 0) is 0 Å². The van der Waals surface area contributed by atoms with Gasteiger partial charge in [0.05, 0.1) is 6.10 Å². The zero-order valence-electron chi connectivity index (χ0n) is 13.5. The summed E-state index contributed by atoms with van der Waals surface area (Å²) in [6, 6.07) is 10.1. The van der Waals surface area contributed by atoms with Crippen molar-refractivity contribution in [1.29, 1.82) is 0 Å². The third-order valence-electron chi connectivity index (χ3n) is 4.62. The molecule has 0 bridgehead atoms. The Morgan fingerprint density at radius 2 is 1.81 bits per heavy atom. The van der Waals surface area contributed by atoms with Gasteiger partial charge in [-0.25, -0.2) is 0 Å². The van der Waals surface area contributed by atoms with Crippen molar-refractivity contribution in [2.75, 3.05) is 39.8 Å². The van der Waals surface area contributed by atoms with E-state index in [0.29, 0.717) is 0 Å². The van der Waals surface area contributed by atoms with Gasteiger partial charge in [0, 0.05) is 19.0 Å². The highest BCUT2D eigenvalue weighted by atomic mass is 16.3. The summed E-state index contributed by atoms with van der Waals surface area (Å²) in [7, 11) is 2.14. The molecule has 1 N–H and O–H groups in total. The molecule has 0 spiro atoms. The van der Waals surface area contributed by atoms with E-state index in [1.807, 2.05) is 30.3 Å². The fourth-order valence-corrected chi connectivity index (χ4v) is 3.18. The van der Waals surface area contributed by atoms with Crippen molar-refractivity contribution in [3.63, 3.8) is 0 Å². The molecule has 1 heterocycles. The van der Waals surface area contributed by atoms with E-state index in [1.165, 1.54) is 32.4 Å². The molecule has 0 aromatic heterocycles. The topological polar surface area (TPSA) is 26.7 Å². The summed E-state index contributed by atoms with van der Waals surface area (Å²) in [4.78, 5) is 4.84. The first-order chi connectivity index (χ1) is 10.2. The number of hydrogen-bond donors (Lipinski definition) is 1. The molecule has 0 aliphatic carbocycles. The molecular formula is C18H30N2O. The largest absolute Gasteiger partial charge is 0.388 e. The summed E-state index contributed by atoms with van der Waals surface area (Å²) in [6.45, 7) is 7.52. The molecule has 2 atom stereocenters. The minimum Gasteiger partial charge on any atom is -0.388 e. The van der Waals surface area contributed by atoms with Gasteiger partial charge in [-0.2, -0.15) is 0 Å². The van der Waals surface area contributed by atoms with Crippen LogP contribution in [0.25, 0.3) is 0 Å².